The van der Waals surface area contributed by atoms with Crippen molar-refractivity contribution in [1.82, 2.24) is 20.5 Å². The van der Waals surface area contributed by atoms with Crippen LogP contribution in [-0.4, -0.2) is 54.6 Å². The fourth-order valence-electron chi connectivity index (χ4n) is 1.60. The van der Waals surface area contributed by atoms with E-state index in [-0.39, 0.29) is 11.7 Å². The summed E-state index contributed by atoms with van der Waals surface area (Å²) < 4.78 is 10.2. The number of nitrogens with one attached hydrogen (secondary N) is 2. The van der Waals surface area contributed by atoms with Crippen molar-refractivity contribution in [3.8, 4) is 0 Å². The highest BCUT2D eigenvalue weighted by Gasteiger charge is 2.10. The molecule has 0 aliphatic heterocycles. The van der Waals surface area contributed by atoms with Crippen LogP contribution in [0.4, 0.5) is 0 Å². The molecule has 1 heterocycles. The Morgan fingerprint density at radius 3 is 2.90 bits per heavy atom. The Hall–Kier alpha value is -1.47. The van der Waals surface area contributed by atoms with Gasteiger partial charge in [0.05, 0.1) is 13.2 Å². The van der Waals surface area contributed by atoms with E-state index in [0.29, 0.717) is 26.4 Å². The molecule has 0 bridgehead atoms. The molecule has 1 rings (SSSR count). The molecule has 1 amide bonds. The highest BCUT2D eigenvalue weighted by Crippen LogP contribution is 1.97. The fraction of sp³-hybridized carbons (Fsp3) is 0.769. The van der Waals surface area contributed by atoms with Crippen LogP contribution in [0.25, 0.3) is 0 Å². The molecule has 0 atom stereocenters. The number of ether oxygens (including phenoxy) is 2. The molecule has 0 fully saturated rings. The van der Waals surface area contributed by atoms with Gasteiger partial charge in [0.1, 0.15) is 5.82 Å². The largest absolute Gasteiger partial charge is 0.382 e. The van der Waals surface area contributed by atoms with Crippen molar-refractivity contribution in [2.45, 2.75) is 32.6 Å². The second-order valence-electron chi connectivity index (χ2n) is 4.42. The van der Waals surface area contributed by atoms with E-state index in [1.165, 1.54) is 0 Å². The Kier molecular flexibility index (Phi) is 8.57. The molecular weight excluding hydrogens is 260 g/mol. The van der Waals surface area contributed by atoms with E-state index in [1.807, 2.05) is 0 Å². The second kappa shape index (κ2) is 10.3. The molecule has 1 aromatic heterocycles. The number of aromatic amines is 1. The molecule has 7 heteroatoms. The fourth-order valence-corrected chi connectivity index (χ4v) is 1.60. The van der Waals surface area contributed by atoms with Crippen molar-refractivity contribution in [2.24, 2.45) is 0 Å². The Morgan fingerprint density at radius 1 is 1.30 bits per heavy atom. The van der Waals surface area contributed by atoms with Crippen LogP contribution in [0.3, 0.4) is 0 Å². The number of amides is 1. The lowest BCUT2D eigenvalue weighted by atomic mass is 10.3. The van der Waals surface area contributed by atoms with Crippen LogP contribution in [0.2, 0.25) is 0 Å². The summed E-state index contributed by atoms with van der Waals surface area (Å²) in [5.74, 6) is 0.734. The molecule has 0 aromatic carbocycles. The molecule has 2 N–H and O–H groups in total. The van der Waals surface area contributed by atoms with Crippen LogP contribution in [0.1, 0.15) is 42.6 Å². The highest BCUT2D eigenvalue weighted by atomic mass is 16.5. The zero-order valence-electron chi connectivity index (χ0n) is 12.3. The van der Waals surface area contributed by atoms with Crippen LogP contribution in [-0.2, 0) is 15.9 Å². The van der Waals surface area contributed by atoms with Crippen molar-refractivity contribution >= 4 is 5.91 Å². The van der Waals surface area contributed by atoms with Crippen molar-refractivity contribution in [3.63, 3.8) is 0 Å². The predicted molar refractivity (Wildman–Crippen MR) is 74.6 cm³/mol. The van der Waals surface area contributed by atoms with Gasteiger partial charge in [-0.15, -0.1) is 5.10 Å². The summed E-state index contributed by atoms with van der Waals surface area (Å²) in [4.78, 5) is 15.9. The molecule has 114 valence electrons. The van der Waals surface area contributed by atoms with Gasteiger partial charge in [0, 0.05) is 26.7 Å². The van der Waals surface area contributed by atoms with Crippen molar-refractivity contribution in [1.29, 1.82) is 0 Å². The zero-order valence-corrected chi connectivity index (χ0v) is 12.3. The zero-order chi connectivity index (χ0) is 14.6. The first kappa shape index (κ1) is 16.6. The maximum atomic E-state index is 11.7. The Labute approximate surface area is 119 Å². The predicted octanol–water partition coefficient (Wildman–Crippen LogP) is 0.930. The number of aromatic nitrogens is 3. The molecule has 0 aliphatic rings. The molecule has 0 aliphatic carbocycles. The Bertz CT molecular complexity index is 381. The maximum absolute atomic E-state index is 11.7. The first-order valence-corrected chi connectivity index (χ1v) is 7.04. The number of carbonyl (C=O) groups excluding carboxylic acids is 1. The molecular formula is C13H24N4O3. The van der Waals surface area contributed by atoms with Crippen LogP contribution in [0, 0.1) is 0 Å². The van der Waals surface area contributed by atoms with Crippen LogP contribution in [0.5, 0.6) is 0 Å². The third kappa shape index (κ3) is 6.63. The quantitative estimate of drug-likeness (QED) is 0.590. The van der Waals surface area contributed by atoms with E-state index in [9.17, 15) is 4.79 Å². The highest BCUT2D eigenvalue weighted by molar-refractivity contribution is 5.90. The minimum Gasteiger partial charge on any atom is -0.382 e. The lowest BCUT2D eigenvalue weighted by Gasteiger charge is -2.04. The lowest BCUT2D eigenvalue weighted by molar-refractivity contribution is 0.0686. The number of unbranched alkanes of at least 4 members (excludes halogenated alkanes) is 1. The Morgan fingerprint density at radius 2 is 2.15 bits per heavy atom. The monoisotopic (exact) mass is 284 g/mol. The molecule has 0 radical (unpaired) electrons. The number of aryl methyl sites for hydroxylation is 1. The maximum Gasteiger partial charge on any atom is 0.290 e. The number of nitrogens with zero attached hydrogens (tertiary/aromatic N) is 2. The number of hydrogen-bond acceptors (Lipinski definition) is 5. The summed E-state index contributed by atoms with van der Waals surface area (Å²) in [5, 5.41) is 9.45. The minimum atomic E-state index is -0.232. The number of rotatable bonds is 11. The molecule has 0 saturated carbocycles. The van der Waals surface area contributed by atoms with E-state index in [2.05, 4.69) is 27.4 Å². The first-order valence-electron chi connectivity index (χ1n) is 7.04. The van der Waals surface area contributed by atoms with E-state index < -0.39 is 0 Å². The molecule has 0 spiro atoms. The number of hydrogen-bond donors (Lipinski definition) is 2. The SMILES string of the molecule is CCCc1nc(C(=O)NCCCCOCCOC)n[nH]1. The van der Waals surface area contributed by atoms with Gasteiger partial charge in [-0.2, -0.15) is 0 Å². The van der Waals surface area contributed by atoms with Crippen molar-refractivity contribution in [3.05, 3.63) is 11.6 Å². The minimum absolute atomic E-state index is 0.213. The van der Waals surface area contributed by atoms with E-state index in [1.54, 1.807) is 7.11 Å². The molecule has 0 saturated heterocycles. The van der Waals surface area contributed by atoms with Gasteiger partial charge in [0.2, 0.25) is 5.82 Å². The smallest absolute Gasteiger partial charge is 0.290 e. The third-order valence-electron chi connectivity index (χ3n) is 2.65. The van der Waals surface area contributed by atoms with Gasteiger partial charge in [0.25, 0.3) is 5.91 Å². The normalized spacial score (nSPS) is 10.7. The molecule has 1 aromatic rings. The van der Waals surface area contributed by atoms with Gasteiger partial charge >= 0.3 is 0 Å². The van der Waals surface area contributed by atoms with E-state index in [4.69, 9.17) is 9.47 Å². The van der Waals surface area contributed by atoms with Crippen LogP contribution in [0.15, 0.2) is 0 Å². The van der Waals surface area contributed by atoms with Gasteiger partial charge in [-0.25, -0.2) is 4.98 Å². The average molecular weight is 284 g/mol. The second-order valence-corrected chi connectivity index (χ2v) is 4.42. The molecule has 7 nitrogen and oxygen atoms in total. The summed E-state index contributed by atoms with van der Waals surface area (Å²) in [6, 6.07) is 0. The van der Waals surface area contributed by atoms with E-state index in [0.717, 1.165) is 31.5 Å². The van der Waals surface area contributed by atoms with Gasteiger partial charge in [-0.1, -0.05) is 6.92 Å². The van der Waals surface area contributed by atoms with E-state index >= 15 is 0 Å². The van der Waals surface area contributed by atoms with Crippen molar-refractivity contribution < 1.29 is 14.3 Å². The van der Waals surface area contributed by atoms with Gasteiger partial charge in [-0.05, 0) is 19.3 Å². The van der Waals surface area contributed by atoms with Gasteiger partial charge in [-0.3, -0.25) is 9.89 Å². The van der Waals surface area contributed by atoms with Crippen LogP contribution >= 0.6 is 0 Å². The molecule has 20 heavy (non-hydrogen) atoms. The summed E-state index contributed by atoms with van der Waals surface area (Å²) in [5.41, 5.74) is 0. The average Bonchev–Trinajstić information content (AvgIpc) is 2.91. The third-order valence-corrected chi connectivity index (χ3v) is 2.65. The lowest BCUT2D eigenvalue weighted by Crippen LogP contribution is -2.25. The summed E-state index contributed by atoms with van der Waals surface area (Å²) in [6.07, 6.45) is 3.54. The number of carbonyl (C=O) groups is 1. The number of H-pyrrole nitrogens is 1. The van der Waals surface area contributed by atoms with Gasteiger partial charge < -0.3 is 14.8 Å². The van der Waals surface area contributed by atoms with Crippen LogP contribution < -0.4 is 5.32 Å². The first-order chi connectivity index (χ1) is 9.77. The van der Waals surface area contributed by atoms with Gasteiger partial charge in [0.15, 0.2) is 0 Å². The summed E-state index contributed by atoms with van der Waals surface area (Å²) in [7, 11) is 1.65. The summed E-state index contributed by atoms with van der Waals surface area (Å²) in [6.45, 7) is 4.56. The molecule has 0 unspecified atom stereocenters. The topological polar surface area (TPSA) is 89.1 Å². The van der Waals surface area contributed by atoms with Crippen molar-refractivity contribution in [2.75, 3.05) is 33.5 Å². The number of methoxy groups -OCH3 is 1. The summed E-state index contributed by atoms with van der Waals surface area (Å²) >= 11 is 0. The standard InChI is InChI=1S/C13H24N4O3/c1-3-6-11-15-12(17-16-11)13(18)14-7-4-5-8-20-10-9-19-2/h3-10H2,1-2H3,(H,14,18)(H,15,16,17). The Balaban J connectivity index is 2.07.